The molecule has 4 rings (SSSR count). The molecule has 0 unspecified atom stereocenters. The summed E-state index contributed by atoms with van der Waals surface area (Å²) >= 11 is 7.34. The maximum absolute atomic E-state index is 13.1. The highest BCUT2D eigenvalue weighted by atomic mass is 35.5. The summed E-state index contributed by atoms with van der Waals surface area (Å²) in [5.41, 5.74) is 1.64. The quantitative estimate of drug-likeness (QED) is 0.381. The van der Waals surface area contributed by atoms with Gasteiger partial charge in [-0.1, -0.05) is 41.6 Å². The number of nitrogens with zero attached hydrogens (tertiary/aromatic N) is 1. The number of halogens is 2. The van der Waals surface area contributed by atoms with E-state index in [4.69, 9.17) is 11.6 Å². The summed E-state index contributed by atoms with van der Waals surface area (Å²) in [4.78, 5) is 45.0. The van der Waals surface area contributed by atoms with Gasteiger partial charge in [-0.2, -0.15) is 0 Å². The summed E-state index contributed by atoms with van der Waals surface area (Å²) in [5.74, 6) is -1.73. The number of hydrogen-bond donors (Lipinski definition) is 3. The van der Waals surface area contributed by atoms with Crippen LogP contribution < -0.4 is 16.2 Å². The van der Waals surface area contributed by atoms with E-state index >= 15 is 0 Å². The molecule has 2 aromatic carbocycles. The third-order valence-electron chi connectivity index (χ3n) is 5.06. The Morgan fingerprint density at radius 1 is 1.25 bits per heavy atom. The molecule has 2 amide bonds. The molecule has 3 aromatic rings. The minimum absolute atomic E-state index is 0.0644. The molecule has 0 radical (unpaired) electrons. The highest BCUT2D eigenvalue weighted by Gasteiger charge is 2.35. The van der Waals surface area contributed by atoms with E-state index in [9.17, 15) is 18.8 Å². The topological polar surface area (TPSA) is 104 Å². The summed E-state index contributed by atoms with van der Waals surface area (Å²) in [6, 6.07) is 11.1. The molecule has 1 aliphatic rings. The van der Waals surface area contributed by atoms with Gasteiger partial charge in [0, 0.05) is 22.9 Å². The number of rotatable bonds is 5. The van der Waals surface area contributed by atoms with Crippen LogP contribution in [0.4, 0.5) is 15.9 Å². The summed E-state index contributed by atoms with van der Waals surface area (Å²) < 4.78 is 13.1. The van der Waals surface area contributed by atoms with Crippen molar-refractivity contribution in [2.75, 3.05) is 10.6 Å². The van der Waals surface area contributed by atoms with Crippen LogP contribution in [0.25, 0.3) is 0 Å². The number of carbonyl (C=O) groups excluding carboxylic acids is 2. The molecule has 1 atom stereocenters. The Bertz CT molecular complexity index is 1260. The molecular weight excluding hydrogens is 455 g/mol. The van der Waals surface area contributed by atoms with Crippen molar-refractivity contribution in [2.24, 2.45) is 0 Å². The number of nitrogens with one attached hydrogen (secondary N) is 3. The molecule has 0 spiro atoms. The van der Waals surface area contributed by atoms with E-state index in [-0.39, 0.29) is 28.8 Å². The minimum Gasteiger partial charge on any atom is -0.325 e. The zero-order valence-electron chi connectivity index (χ0n) is 16.9. The van der Waals surface area contributed by atoms with Crippen molar-refractivity contribution in [3.05, 3.63) is 80.3 Å². The number of benzene rings is 2. The van der Waals surface area contributed by atoms with Crippen molar-refractivity contribution < 1.29 is 14.0 Å². The SMILES string of the molecule is Cc1c(Cl)cccc1NC(=O)[C@H]1CC(=O)Nc2nc(SCc3ccc(F)cc3)[nH]c(=O)c21. The Hall–Kier alpha value is -3.17. The fourth-order valence-corrected chi connectivity index (χ4v) is 4.33. The van der Waals surface area contributed by atoms with Crippen molar-refractivity contribution in [3.8, 4) is 0 Å². The van der Waals surface area contributed by atoms with E-state index in [0.717, 1.165) is 5.56 Å². The Kier molecular flexibility index (Phi) is 6.29. The molecule has 0 bridgehead atoms. The van der Waals surface area contributed by atoms with Gasteiger partial charge < -0.3 is 15.6 Å². The van der Waals surface area contributed by atoms with Gasteiger partial charge in [-0.15, -0.1) is 0 Å². The summed E-state index contributed by atoms with van der Waals surface area (Å²) in [6.45, 7) is 1.76. The number of anilines is 2. The number of aromatic nitrogens is 2. The summed E-state index contributed by atoms with van der Waals surface area (Å²) in [7, 11) is 0. The molecule has 32 heavy (non-hydrogen) atoms. The lowest BCUT2D eigenvalue weighted by atomic mass is 9.92. The Balaban J connectivity index is 1.58. The van der Waals surface area contributed by atoms with Crippen molar-refractivity contribution >= 4 is 46.7 Å². The maximum Gasteiger partial charge on any atom is 0.257 e. The lowest BCUT2D eigenvalue weighted by Gasteiger charge is -2.24. The first-order chi connectivity index (χ1) is 15.3. The van der Waals surface area contributed by atoms with Crippen LogP contribution in [0.5, 0.6) is 0 Å². The van der Waals surface area contributed by atoms with Gasteiger partial charge in [-0.3, -0.25) is 14.4 Å². The second-order valence-corrected chi connectivity index (χ2v) is 8.63. The van der Waals surface area contributed by atoms with E-state index in [1.807, 2.05) is 0 Å². The first-order valence-corrected chi connectivity index (χ1v) is 11.1. The normalized spacial score (nSPS) is 15.1. The van der Waals surface area contributed by atoms with E-state index in [0.29, 0.717) is 22.0 Å². The van der Waals surface area contributed by atoms with Crippen LogP contribution in [0.1, 0.15) is 29.0 Å². The van der Waals surface area contributed by atoms with E-state index in [2.05, 4.69) is 20.6 Å². The second-order valence-electron chi connectivity index (χ2n) is 7.26. The number of amides is 2. The van der Waals surface area contributed by atoms with Crippen LogP contribution in [0, 0.1) is 12.7 Å². The average molecular weight is 473 g/mol. The molecular formula is C22H18ClFN4O3S. The van der Waals surface area contributed by atoms with Gasteiger partial charge in [0.25, 0.3) is 5.56 Å². The monoisotopic (exact) mass is 472 g/mol. The first kappa shape index (κ1) is 22.0. The number of hydrogen-bond acceptors (Lipinski definition) is 5. The van der Waals surface area contributed by atoms with Crippen LogP contribution in [0.2, 0.25) is 5.02 Å². The van der Waals surface area contributed by atoms with Gasteiger partial charge in [0.1, 0.15) is 11.6 Å². The van der Waals surface area contributed by atoms with Crippen LogP contribution in [0.15, 0.2) is 52.4 Å². The molecule has 3 N–H and O–H groups in total. The summed E-state index contributed by atoms with van der Waals surface area (Å²) in [6.07, 6.45) is -0.175. The number of H-pyrrole nitrogens is 1. The van der Waals surface area contributed by atoms with E-state index < -0.39 is 23.3 Å². The molecule has 0 fully saturated rings. The molecule has 0 saturated heterocycles. The zero-order valence-corrected chi connectivity index (χ0v) is 18.4. The third kappa shape index (κ3) is 4.68. The smallest absolute Gasteiger partial charge is 0.257 e. The van der Waals surface area contributed by atoms with E-state index in [1.165, 1.54) is 23.9 Å². The third-order valence-corrected chi connectivity index (χ3v) is 6.41. The predicted molar refractivity (Wildman–Crippen MR) is 122 cm³/mol. The van der Waals surface area contributed by atoms with Gasteiger partial charge >= 0.3 is 0 Å². The van der Waals surface area contributed by atoms with Crippen molar-refractivity contribution in [1.82, 2.24) is 9.97 Å². The molecule has 1 aromatic heterocycles. The van der Waals surface area contributed by atoms with Crippen molar-refractivity contribution in [2.45, 2.75) is 30.2 Å². The zero-order chi connectivity index (χ0) is 22.8. The maximum atomic E-state index is 13.1. The fraction of sp³-hybridized carbons (Fsp3) is 0.182. The van der Waals surface area contributed by atoms with Gasteiger partial charge in [-0.05, 0) is 42.3 Å². The molecule has 0 saturated carbocycles. The summed E-state index contributed by atoms with van der Waals surface area (Å²) in [5, 5.41) is 6.11. The van der Waals surface area contributed by atoms with Crippen LogP contribution in [-0.4, -0.2) is 21.8 Å². The molecule has 10 heteroatoms. The number of fused-ring (bicyclic) bond motifs is 1. The predicted octanol–water partition coefficient (Wildman–Crippen LogP) is 4.23. The molecule has 1 aliphatic heterocycles. The van der Waals surface area contributed by atoms with Crippen LogP contribution >= 0.6 is 23.4 Å². The molecule has 164 valence electrons. The minimum atomic E-state index is -0.996. The lowest BCUT2D eigenvalue weighted by molar-refractivity contribution is -0.123. The Labute approximate surface area is 191 Å². The van der Waals surface area contributed by atoms with E-state index in [1.54, 1.807) is 37.3 Å². The van der Waals surface area contributed by atoms with Gasteiger partial charge in [0.2, 0.25) is 11.8 Å². The molecule has 0 aliphatic carbocycles. The van der Waals surface area contributed by atoms with Gasteiger partial charge in [-0.25, -0.2) is 9.37 Å². The first-order valence-electron chi connectivity index (χ1n) is 9.69. The standard InChI is InChI=1S/C22H18ClFN4O3S/c1-11-15(23)3-2-4-16(11)25-20(30)14-9-17(29)26-19-18(14)21(31)28-22(27-19)32-10-12-5-7-13(24)8-6-12/h2-8,14H,9-10H2,1H3,(H,25,30)(H2,26,27,28,29,31)/t14-/m0/s1. The lowest BCUT2D eigenvalue weighted by Crippen LogP contribution is -2.36. The van der Waals surface area contributed by atoms with Crippen LogP contribution in [0.3, 0.4) is 0 Å². The fourth-order valence-electron chi connectivity index (χ4n) is 3.34. The van der Waals surface area contributed by atoms with Gasteiger partial charge in [0.15, 0.2) is 5.16 Å². The van der Waals surface area contributed by atoms with Crippen molar-refractivity contribution in [1.29, 1.82) is 0 Å². The number of carbonyl (C=O) groups is 2. The Morgan fingerprint density at radius 3 is 2.75 bits per heavy atom. The highest BCUT2D eigenvalue weighted by Crippen LogP contribution is 2.32. The van der Waals surface area contributed by atoms with Crippen LogP contribution in [-0.2, 0) is 15.3 Å². The number of thioether (sulfide) groups is 1. The second kappa shape index (κ2) is 9.13. The highest BCUT2D eigenvalue weighted by molar-refractivity contribution is 7.98. The molecule has 2 heterocycles. The van der Waals surface area contributed by atoms with Gasteiger partial charge in [0.05, 0.1) is 11.5 Å². The van der Waals surface area contributed by atoms with Crippen molar-refractivity contribution in [3.63, 3.8) is 0 Å². The largest absolute Gasteiger partial charge is 0.325 e. The Morgan fingerprint density at radius 2 is 2.00 bits per heavy atom. The number of aromatic amines is 1. The molecule has 7 nitrogen and oxygen atoms in total. The average Bonchev–Trinajstić information content (AvgIpc) is 2.75.